The molecule has 1 aliphatic heterocycles. The standard InChI is InChI=1S/C12H23NO5/c1-11(2,3)18-10(14)13-9-5-6-17-8-12(9,15)7-16-4/h9,15H,5-8H2,1-4H3,(H,13,14)/t9-,12-/m1/s1. The van der Waals surface area contributed by atoms with E-state index < -0.39 is 23.3 Å². The summed E-state index contributed by atoms with van der Waals surface area (Å²) >= 11 is 0. The Morgan fingerprint density at radius 1 is 1.56 bits per heavy atom. The van der Waals surface area contributed by atoms with E-state index in [0.29, 0.717) is 13.0 Å². The highest BCUT2D eigenvalue weighted by Crippen LogP contribution is 2.21. The molecule has 0 aromatic rings. The van der Waals surface area contributed by atoms with Gasteiger partial charge < -0.3 is 24.6 Å². The molecule has 6 nitrogen and oxygen atoms in total. The van der Waals surface area contributed by atoms with E-state index in [0.717, 1.165) is 0 Å². The average Bonchev–Trinajstić information content (AvgIpc) is 2.19. The fraction of sp³-hybridized carbons (Fsp3) is 0.917. The van der Waals surface area contributed by atoms with E-state index in [-0.39, 0.29) is 13.2 Å². The molecule has 0 radical (unpaired) electrons. The highest BCUT2D eigenvalue weighted by molar-refractivity contribution is 5.68. The molecule has 2 N–H and O–H groups in total. The fourth-order valence-corrected chi connectivity index (χ4v) is 1.87. The van der Waals surface area contributed by atoms with Crippen LogP contribution in [0.15, 0.2) is 0 Å². The van der Waals surface area contributed by atoms with Gasteiger partial charge in [-0.25, -0.2) is 4.79 Å². The van der Waals surface area contributed by atoms with Gasteiger partial charge >= 0.3 is 6.09 Å². The van der Waals surface area contributed by atoms with Gasteiger partial charge in [0, 0.05) is 13.7 Å². The van der Waals surface area contributed by atoms with Crippen LogP contribution in [-0.4, -0.2) is 55.4 Å². The summed E-state index contributed by atoms with van der Waals surface area (Å²) in [6.07, 6.45) is -0.0111. The van der Waals surface area contributed by atoms with Crippen LogP contribution in [0.2, 0.25) is 0 Å². The Bertz CT molecular complexity index is 285. The molecule has 1 heterocycles. The summed E-state index contributed by atoms with van der Waals surface area (Å²) in [6.45, 7) is 6.11. The van der Waals surface area contributed by atoms with Crippen molar-refractivity contribution in [3.8, 4) is 0 Å². The number of hydrogen-bond acceptors (Lipinski definition) is 5. The molecule has 0 aromatic heterocycles. The van der Waals surface area contributed by atoms with Crippen molar-refractivity contribution in [1.29, 1.82) is 0 Å². The number of alkyl carbamates (subject to hydrolysis) is 1. The van der Waals surface area contributed by atoms with Crippen LogP contribution in [0.1, 0.15) is 27.2 Å². The summed E-state index contributed by atoms with van der Waals surface area (Å²) in [5, 5.41) is 13.0. The van der Waals surface area contributed by atoms with Gasteiger partial charge in [0.25, 0.3) is 0 Å². The van der Waals surface area contributed by atoms with Gasteiger partial charge in [-0.2, -0.15) is 0 Å². The molecule has 2 atom stereocenters. The summed E-state index contributed by atoms with van der Waals surface area (Å²) in [5.41, 5.74) is -1.77. The summed E-state index contributed by atoms with van der Waals surface area (Å²) in [7, 11) is 1.50. The third-order valence-corrected chi connectivity index (χ3v) is 2.64. The van der Waals surface area contributed by atoms with E-state index in [2.05, 4.69) is 5.32 Å². The molecule has 1 amide bonds. The Kier molecular flexibility index (Phi) is 4.95. The van der Waals surface area contributed by atoms with E-state index in [9.17, 15) is 9.90 Å². The van der Waals surface area contributed by atoms with Gasteiger partial charge in [-0.15, -0.1) is 0 Å². The van der Waals surface area contributed by atoms with E-state index in [1.165, 1.54) is 7.11 Å². The molecule has 0 spiro atoms. The van der Waals surface area contributed by atoms with Crippen molar-refractivity contribution in [1.82, 2.24) is 5.32 Å². The molecule has 1 fully saturated rings. The van der Waals surface area contributed by atoms with Gasteiger partial charge in [-0.3, -0.25) is 0 Å². The number of ether oxygens (including phenoxy) is 3. The number of rotatable bonds is 3. The quantitative estimate of drug-likeness (QED) is 0.781. The highest BCUT2D eigenvalue weighted by Gasteiger charge is 2.41. The second-order valence-corrected chi connectivity index (χ2v) is 5.58. The lowest BCUT2D eigenvalue weighted by Crippen LogP contribution is -2.61. The van der Waals surface area contributed by atoms with Crippen molar-refractivity contribution >= 4 is 6.09 Å². The highest BCUT2D eigenvalue weighted by atomic mass is 16.6. The van der Waals surface area contributed by atoms with Gasteiger partial charge in [0.1, 0.15) is 11.2 Å². The minimum atomic E-state index is -1.20. The molecule has 0 bridgehead atoms. The summed E-state index contributed by atoms with van der Waals surface area (Å²) in [5.74, 6) is 0. The molecule has 0 aliphatic carbocycles. The first kappa shape index (κ1) is 15.2. The predicted octanol–water partition coefficient (Wildman–Crippen LogP) is 0.677. The number of methoxy groups -OCH3 is 1. The summed E-state index contributed by atoms with van der Waals surface area (Å²) in [4.78, 5) is 11.7. The lowest BCUT2D eigenvalue weighted by atomic mass is 9.91. The smallest absolute Gasteiger partial charge is 0.407 e. The molecule has 1 aliphatic rings. The lowest BCUT2D eigenvalue weighted by molar-refractivity contribution is -0.136. The summed E-state index contributed by atoms with van der Waals surface area (Å²) in [6, 6.07) is -0.430. The zero-order chi connectivity index (χ0) is 13.8. The van der Waals surface area contributed by atoms with Crippen molar-refractivity contribution < 1.29 is 24.1 Å². The predicted molar refractivity (Wildman–Crippen MR) is 65.4 cm³/mol. The minimum Gasteiger partial charge on any atom is -0.444 e. The Morgan fingerprint density at radius 3 is 2.78 bits per heavy atom. The van der Waals surface area contributed by atoms with Crippen LogP contribution >= 0.6 is 0 Å². The minimum absolute atomic E-state index is 0.105. The molecule has 1 saturated heterocycles. The van der Waals surface area contributed by atoms with Crippen LogP contribution in [0.5, 0.6) is 0 Å². The van der Waals surface area contributed by atoms with E-state index in [1.807, 2.05) is 0 Å². The van der Waals surface area contributed by atoms with E-state index in [4.69, 9.17) is 14.2 Å². The average molecular weight is 261 g/mol. The van der Waals surface area contributed by atoms with Crippen LogP contribution < -0.4 is 5.32 Å². The van der Waals surface area contributed by atoms with E-state index in [1.54, 1.807) is 20.8 Å². The number of aliphatic hydroxyl groups is 1. The number of carbonyl (C=O) groups excluding carboxylic acids is 1. The molecule has 0 aromatic carbocycles. The Labute approximate surface area is 108 Å². The maximum atomic E-state index is 11.7. The monoisotopic (exact) mass is 261 g/mol. The number of hydrogen-bond donors (Lipinski definition) is 2. The van der Waals surface area contributed by atoms with Crippen molar-refractivity contribution in [2.24, 2.45) is 0 Å². The van der Waals surface area contributed by atoms with Gasteiger partial charge in [0.2, 0.25) is 0 Å². The van der Waals surface area contributed by atoms with Crippen LogP contribution in [-0.2, 0) is 14.2 Å². The van der Waals surface area contributed by atoms with Crippen molar-refractivity contribution in [2.45, 2.75) is 44.4 Å². The second kappa shape index (κ2) is 5.86. The Hall–Kier alpha value is -0.850. The van der Waals surface area contributed by atoms with Gasteiger partial charge in [-0.05, 0) is 27.2 Å². The second-order valence-electron chi connectivity index (χ2n) is 5.58. The topological polar surface area (TPSA) is 77.0 Å². The van der Waals surface area contributed by atoms with Crippen molar-refractivity contribution in [3.05, 3.63) is 0 Å². The normalized spacial score (nSPS) is 28.8. The Morgan fingerprint density at radius 2 is 2.22 bits per heavy atom. The third-order valence-electron chi connectivity index (χ3n) is 2.64. The largest absolute Gasteiger partial charge is 0.444 e. The molecular weight excluding hydrogens is 238 g/mol. The molecular formula is C12H23NO5. The molecule has 106 valence electrons. The van der Waals surface area contributed by atoms with Crippen LogP contribution in [0, 0.1) is 0 Å². The van der Waals surface area contributed by atoms with Crippen molar-refractivity contribution in [3.63, 3.8) is 0 Å². The van der Waals surface area contributed by atoms with Crippen molar-refractivity contribution in [2.75, 3.05) is 26.9 Å². The zero-order valence-corrected chi connectivity index (χ0v) is 11.5. The van der Waals surface area contributed by atoms with Crippen LogP contribution in [0.4, 0.5) is 4.79 Å². The molecule has 0 unspecified atom stereocenters. The SMILES string of the molecule is COC[C@@]1(O)COCC[C@H]1NC(=O)OC(C)(C)C. The summed E-state index contributed by atoms with van der Waals surface area (Å²) < 4.78 is 15.4. The third kappa shape index (κ3) is 4.44. The van der Waals surface area contributed by atoms with Gasteiger partial charge in [0.05, 0.1) is 19.3 Å². The maximum Gasteiger partial charge on any atom is 0.407 e. The molecule has 0 saturated carbocycles. The number of nitrogens with one attached hydrogen (secondary N) is 1. The van der Waals surface area contributed by atoms with Gasteiger partial charge in [0.15, 0.2) is 0 Å². The van der Waals surface area contributed by atoms with Crippen LogP contribution in [0.3, 0.4) is 0 Å². The number of carbonyl (C=O) groups is 1. The number of amides is 1. The molecule has 18 heavy (non-hydrogen) atoms. The fourth-order valence-electron chi connectivity index (χ4n) is 1.87. The zero-order valence-electron chi connectivity index (χ0n) is 11.5. The maximum absolute atomic E-state index is 11.7. The van der Waals surface area contributed by atoms with Gasteiger partial charge in [-0.1, -0.05) is 0 Å². The van der Waals surface area contributed by atoms with E-state index >= 15 is 0 Å². The first-order valence-corrected chi connectivity index (χ1v) is 6.05. The van der Waals surface area contributed by atoms with Crippen LogP contribution in [0.25, 0.3) is 0 Å². The first-order chi connectivity index (χ1) is 8.27. The lowest BCUT2D eigenvalue weighted by Gasteiger charge is -2.39. The molecule has 6 heteroatoms. The molecule has 1 rings (SSSR count). The first-order valence-electron chi connectivity index (χ1n) is 6.05. The Balaban J connectivity index is 2.59.